The van der Waals surface area contributed by atoms with Gasteiger partial charge in [-0.05, 0) is 18.6 Å². The van der Waals surface area contributed by atoms with Crippen molar-refractivity contribution >= 4 is 6.16 Å². The normalized spacial score (nSPS) is 15.1. The van der Waals surface area contributed by atoms with Crippen LogP contribution in [0.2, 0.25) is 0 Å². The van der Waals surface area contributed by atoms with Crippen molar-refractivity contribution in [2.75, 3.05) is 40.5 Å². The molecule has 0 aromatic heterocycles. The summed E-state index contributed by atoms with van der Waals surface area (Å²) < 4.78 is 20.4. The molecule has 0 atom stereocenters. The number of aliphatic hydroxyl groups excluding tert-OH is 1. The highest BCUT2D eigenvalue weighted by Gasteiger charge is 2.22. The third-order valence-corrected chi connectivity index (χ3v) is 3.79. The number of methoxy groups -OCH3 is 2. The fourth-order valence-electron chi connectivity index (χ4n) is 2.35. The first kappa shape index (κ1) is 17.9. The number of carbonyl (C=O) groups is 1. The van der Waals surface area contributed by atoms with Crippen molar-refractivity contribution in [1.29, 1.82) is 0 Å². The first-order chi connectivity index (χ1) is 11.5. The Morgan fingerprint density at radius 1 is 1.33 bits per heavy atom. The summed E-state index contributed by atoms with van der Waals surface area (Å²) in [5.41, 5.74) is 1.03. The minimum Gasteiger partial charge on any atom is -0.509 e. The molecule has 0 saturated heterocycles. The van der Waals surface area contributed by atoms with Crippen LogP contribution in [-0.2, 0) is 9.47 Å². The maximum atomic E-state index is 11.2. The predicted octanol–water partition coefficient (Wildman–Crippen LogP) is 2.64. The van der Waals surface area contributed by atoms with Crippen molar-refractivity contribution in [3.05, 3.63) is 35.3 Å². The summed E-state index contributed by atoms with van der Waals surface area (Å²) in [5, 5.41) is 9.80. The number of ether oxygens (including phenoxy) is 4. The molecule has 0 spiro atoms. The zero-order valence-corrected chi connectivity index (χ0v) is 14.2. The van der Waals surface area contributed by atoms with E-state index in [1.54, 1.807) is 7.11 Å². The second-order valence-electron chi connectivity index (χ2n) is 5.43. The molecule has 1 heterocycles. The monoisotopic (exact) mass is 337 g/mol. The summed E-state index contributed by atoms with van der Waals surface area (Å²) >= 11 is 0. The number of carbonyl (C=O) groups excluding carboxylic acids is 1. The molecule has 0 bridgehead atoms. The van der Waals surface area contributed by atoms with Gasteiger partial charge in [-0.2, -0.15) is 0 Å². The van der Waals surface area contributed by atoms with Crippen LogP contribution in [0, 0.1) is 6.92 Å². The van der Waals surface area contributed by atoms with Crippen LogP contribution in [-0.4, -0.2) is 56.6 Å². The summed E-state index contributed by atoms with van der Waals surface area (Å²) in [7, 11) is 2.84. The molecule has 1 aromatic rings. The molecule has 0 fully saturated rings. The highest BCUT2D eigenvalue weighted by molar-refractivity contribution is 5.61. The lowest BCUT2D eigenvalue weighted by Crippen LogP contribution is -2.36. The van der Waals surface area contributed by atoms with Crippen molar-refractivity contribution in [2.45, 2.75) is 13.3 Å². The maximum absolute atomic E-state index is 11.2. The Hall–Kier alpha value is -2.41. The number of nitrogens with zero attached hydrogens (tertiary/aromatic N) is 1. The molecule has 0 amide bonds. The van der Waals surface area contributed by atoms with Gasteiger partial charge in [0.25, 0.3) is 0 Å². The molecule has 0 saturated carbocycles. The topological polar surface area (TPSA) is 77.5 Å². The highest BCUT2D eigenvalue weighted by Crippen LogP contribution is 2.24. The summed E-state index contributed by atoms with van der Waals surface area (Å²) in [6.07, 6.45) is -0.411. The third-order valence-electron chi connectivity index (χ3n) is 3.79. The molecule has 7 nitrogen and oxygen atoms in total. The van der Waals surface area contributed by atoms with Gasteiger partial charge in [0.1, 0.15) is 23.9 Å². The minimum atomic E-state index is -0.832. The van der Waals surface area contributed by atoms with Gasteiger partial charge >= 0.3 is 6.16 Å². The van der Waals surface area contributed by atoms with Crippen molar-refractivity contribution in [3.8, 4) is 11.5 Å². The lowest BCUT2D eigenvalue weighted by molar-refractivity contribution is 0.0771. The second kappa shape index (κ2) is 8.44. The lowest BCUT2D eigenvalue weighted by Gasteiger charge is -2.27. The van der Waals surface area contributed by atoms with Crippen molar-refractivity contribution in [1.82, 2.24) is 4.90 Å². The number of hydrogen-bond donors (Lipinski definition) is 1. The van der Waals surface area contributed by atoms with E-state index >= 15 is 0 Å². The van der Waals surface area contributed by atoms with Gasteiger partial charge in [-0.1, -0.05) is 6.07 Å². The molecule has 132 valence electrons. The number of rotatable bonds is 6. The number of hydrogen-bond acceptors (Lipinski definition) is 7. The van der Waals surface area contributed by atoms with Gasteiger partial charge < -0.3 is 24.1 Å². The summed E-state index contributed by atoms with van der Waals surface area (Å²) in [6, 6.07) is 5.68. The summed E-state index contributed by atoms with van der Waals surface area (Å²) in [5.74, 6) is 1.83. The maximum Gasteiger partial charge on any atom is 0.513 e. The van der Waals surface area contributed by atoms with Gasteiger partial charge in [-0.3, -0.25) is 4.90 Å². The van der Waals surface area contributed by atoms with E-state index in [0.29, 0.717) is 32.7 Å². The Morgan fingerprint density at radius 2 is 2.12 bits per heavy atom. The average Bonchev–Trinajstić information content (AvgIpc) is 2.59. The standard InChI is InChI=1S/C17H23NO6/c1-12-4-5-13(21-2)10-15(12)23-9-8-18-7-6-14(19)16(11-18)24-17(20)22-3/h4-5,10,19H,6-9,11H2,1-3H3. The number of aryl methyl sites for hydroxylation is 1. The van der Waals surface area contributed by atoms with E-state index in [9.17, 15) is 9.90 Å². The number of benzene rings is 1. The van der Waals surface area contributed by atoms with Crippen LogP contribution < -0.4 is 9.47 Å². The van der Waals surface area contributed by atoms with Gasteiger partial charge in [0.15, 0.2) is 5.76 Å². The van der Waals surface area contributed by atoms with Crippen LogP contribution in [0.1, 0.15) is 12.0 Å². The van der Waals surface area contributed by atoms with Crippen LogP contribution in [0.5, 0.6) is 11.5 Å². The Labute approximate surface area is 141 Å². The predicted molar refractivity (Wildman–Crippen MR) is 87.4 cm³/mol. The molecule has 7 heteroatoms. The average molecular weight is 337 g/mol. The molecule has 1 N–H and O–H groups in total. The van der Waals surface area contributed by atoms with Crippen molar-refractivity contribution in [3.63, 3.8) is 0 Å². The van der Waals surface area contributed by atoms with Crippen LogP contribution in [0.4, 0.5) is 4.79 Å². The molecule has 1 aromatic carbocycles. The van der Waals surface area contributed by atoms with Crippen molar-refractivity contribution < 1.29 is 28.8 Å². The molecular formula is C17H23NO6. The van der Waals surface area contributed by atoms with E-state index in [-0.39, 0.29) is 11.5 Å². The van der Waals surface area contributed by atoms with Gasteiger partial charge in [0, 0.05) is 25.6 Å². The highest BCUT2D eigenvalue weighted by atomic mass is 16.7. The van der Waals surface area contributed by atoms with Crippen LogP contribution >= 0.6 is 0 Å². The smallest absolute Gasteiger partial charge is 0.509 e. The molecule has 2 rings (SSSR count). The third kappa shape index (κ3) is 4.79. The van der Waals surface area contributed by atoms with Gasteiger partial charge in [0.05, 0.1) is 20.8 Å². The van der Waals surface area contributed by atoms with Crippen LogP contribution in [0.15, 0.2) is 29.7 Å². The first-order valence-corrected chi connectivity index (χ1v) is 7.70. The zero-order valence-electron chi connectivity index (χ0n) is 14.2. The second-order valence-corrected chi connectivity index (χ2v) is 5.43. The Morgan fingerprint density at radius 3 is 2.83 bits per heavy atom. The summed E-state index contributed by atoms with van der Waals surface area (Å²) in [4.78, 5) is 13.2. The van der Waals surface area contributed by atoms with E-state index in [2.05, 4.69) is 4.74 Å². The Balaban J connectivity index is 1.86. The van der Waals surface area contributed by atoms with E-state index in [1.807, 2.05) is 30.0 Å². The fraction of sp³-hybridized carbons (Fsp3) is 0.471. The van der Waals surface area contributed by atoms with E-state index < -0.39 is 6.16 Å². The Kier molecular flexibility index (Phi) is 6.31. The molecule has 0 aliphatic carbocycles. The largest absolute Gasteiger partial charge is 0.513 e. The van der Waals surface area contributed by atoms with Crippen LogP contribution in [0.25, 0.3) is 0 Å². The molecule has 0 unspecified atom stereocenters. The molecule has 1 aliphatic heterocycles. The minimum absolute atomic E-state index is 0.0845. The fourth-order valence-corrected chi connectivity index (χ4v) is 2.35. The number of aliphatic hydroxyl groups is 1. The Bertz CT molecular complexity index is 613. The molecule has 0 radical (unpaired) electrons. The van der Waals surface area contributed by atoms with Crippen molar-refractivity contribution in [2.24, 2.45) is 0 Å². The summed E-state index contributed by atoms with van der Waals surface area (Å²) in [6.45, 7) is 4.08. The van der Waals surface area contributed by atoms with Gasteiger partial charge in [0.2, 0.25) is 0 Å². The van der Waals surface area contributed by atoms with Gasteiger partial charge in [-0.15, -0.1) is 0 Å². The van der Waals surface area contributed by atoms with Crippen LogP contribution in [0.3, 0.4) is 0 Å². The quantitative estimate of drug-likeness (QED) is 0.800. The van der Waals surface area contributed by atoms with E-state index in [0.717, 1.165) is 17.1 Å². The lowest BCUT2D eigenvalue weighted by atomic mass is 10.2. The molecule has 1 aliphatic rings. The molecular weight excluding hydrogens is 314 g/mol. The molecule has 24 heavy (non-hydrogen) atoms. The first-order valence-electron chi connectivity index (χ1n) is 7.70. The van der Waals surface area contributed by atoms with E-state index in [1.165, 1.54) is 7.11 Å². The zero-order chi connectivity index (χ0) is 17.5. The van der Waals surface area contributed by atoms with Gasteiger partial charge in [-0.25, -0.2) is 4.79 Å². The SMILES string of the molecule is COC(=O)OC1=C(O)CCN(CCOc2cc(OC)ccc2C)C1. The van der Waals surface area contributed by atoms with E-state index in [4.69, 9.17) is 14.2 Å².